The summed E-state index contributed by atoms with van der Waals surface area (Å²) in [6.45, 7) is 4.46. The fourth-order valence-corrected chi connectivity index (χ4v) is 1.69. The first-order chi connectivity index (χ1) is 6.33. The first-order valence-electron chi connectivity index (χ1n) is 4.22. The minimum atomic E-state index is 0.714. The van der Waals surface area contributed by atoms with Crippen molar-refractivity contribution in [1.82, 2.24) is 0 Å². The van der Waals surface area contributed by atoms with Crippen molar-refractivity contribution < 1.29 is 16.3 Å². The molecule has 0 aliphatic carbocycles. The molecular formula is C10H13BrSZn. The predicted octanol–water partition coefficient (Wildman–Crippen LogP) is 4.22. The summed E-state index contributed by atoms with van der Waals surface area (Å²) in [5.74, 6) is 0. The van der Waals surface area contributed by atoms with Crippen LogP contribution in [-0.4, -0.2) is 5.25 Å². The second kappa shape index (κ2) is 9.24. The average molecular weight is 311 g/mol. The van der Waals surface area contributed by atoms with Gasteiger partial charge in [-0.3, -0.25) is 0 Å². The van der Waals surface area contributed by atoms with E-state index in [9.17, 15) is 0 Å². The van der Waals surface area contributed by atoms with Gasteiger partial charge in [-0.05, 0) is 11.7 Å². The molecule has 0 aliphatic heterocycles. The van der Waals surface area contributed by atoms with Gasteiger partial charge in [0.05, 0.1) is 0 Å². The topological polar surface area (TPSA) is 0 Å². The fourth-order valence-electron chi connectivity index (χ4n) is 0.766. The Morgan fingerprint density at radius 1 is 1.62 bits per heavy atom. The molecule has 0 heterocycles. The zero-order valence-corrected chi connectivity index (χ0v) is 13.5. The number of benzene rings is 1. The van der Waals surface area contributed by atoms with E-state index in [-0.39, 0.29) is 0 Å². The van der Waals surface area contributed by atoms with Crippen molar-refractivity contribution in [3.05, 3.63) is 30.3 Å². The van der Waals surface area contributed by atoms with Gasteiger partial charge in [0.2, 0.25) is 0 Å². The van der Waals surface area contributed by atoms with E-state index in [1.165, 1.54) is 27.7 Å². The van der Waals surface area contributed by atoms with Crippen molar-refractivity contribution in [3.63, 3.8) is 0 Å². The molecule has 0 N–H and O–H groups in total. The monoisotopic (exact) mass is 308 g/mol. The number of rotatable bonds is 3. The van der Waals surface area contributed by atoms with Crippen molar-refractivity contribution in [2.24, 2.45) is 0 Å². The number of hydrogen-bond acceptors (Lipinski definition) is 1. The van der Waals surface area contributed by atoms with Crippen LogP contribution in [0.15, 0.2) is 29.2 Å². The summed E-state index contributed by atoms with van der Waals surface area (Å²) in [7, 11) is 0. The Hall–Kier alpha value is 0.673. The second-order valence-electron chi connectivity index (χ2n) is 2.58. The molecule has 1 aromatic rings. The molecular weight excluding hydrogens is 297 g/mol. The van der Waals surface area contributed by atoms with Crippen LogP contribution < -0.4 is 0 Å². The Morgan fingerprint density at radius 3 is 2.77 bits per heavy atom. The number of halogens is 1. The molecule has 0 saturated heterocycles. The molecule has 0 fully saturated rings. The van der Waals surface area contributed by atoms with Crippen LogP contribution in [0.4, 0.5) is 0 Å². The molecule has 1 aromatic carbocycles. The molecule has 1 rings (SSSR count). The van der Waals surface area contributed by atoms with E-state index in [0.29, 0.717) is 5.25 Å². The summed E-state index contributed by atoms with van der Waals surface area (Å²) >= 11 is 6.16. The van der Waals surface area contributed by atoms with Crippen molar-refractivity contribution >= 4 is 25.4 Å². The first-order valence-corrected chi connectivity index (χ1v) is 12.0. The number of thioether (sulfide) groups is 1. The summed E-state index contributed by atoms with van der Waals surface area (Å²) < 4.78 is 0. The normalized spacial score (nSPS) is 11.5. The van der Waals surface area contributed by atoms with Crippen LogP contribution in [0, 0.1) is 6.07 Å². The van der Waals surface area contributed by atoms with Crippen LogP contribution in [0.25, 0.3) is 0 Å². The van der Waals surface area contributed by atoms with Crippen LogP contribution in [0.1, 0.15) is 20.3 Å². The molecule has 3 heteroatoms. The molecule has 1 unspecified atom stereocenters. The third kappa shape index (κ3) is 6.71. The molecule has 0 aliphatic rings. The summed E-state index contributed by atoms with van der Waals surface area (Å²) in [6.07, 6.45) is 1.22. The molecule has 0 aromatic heterocycles. The summed E-state index contributed by atoms with van der Waals surface area (Å²) in [6, 6.07) is 11.2. The molecule has 68 valence electrons. The molecule has 0 bridgehead atoms. The van der Waals surface area contributed by atoms with E-state index in [4.69, 9.17) is 0 Å². The van der Waals surface area contributed by atoms with Gasteiger partial charge in [0.1, 0.15) is 0 Å². The van der Waals surface area contributed by atoms with Crippen LogP contribution in [0.2, 0.25) is 0 Å². The third-order valence-corrected chi connectivity index (χ3v) is 2.85. The Morgan fingerprint density at radius 2 is 2.31 bits per heavy atom. The molecule has 0 nitrogen and oxygen atoms in total. The number of hydrogen-bond donors (Lipinski definition) is 0. The zero-order valence-electron chi connectivity index (χ0n) is 8.09. The predicted molar refractivity (Wildman–Crippen MR) is 59.8 cm³/mol. The Labute approximate surface area is 102 Å². The third-order valence-electron chi connectivity index (χ3n) is 1.59. The molecule has 0 amide bonds. The summed E-state index contributed by atoms with van der Waals surface area (Å²) in [4.78, 5) is 1.32. The van der Waals surface area contributed by atoms with Gasteiger partial charge in [-0.25, -0.2) is 0 Å². The summed E-state index contributed by atoms with van der Waals surface area (Å²) in [5, 5.41) is 0.714. The van der Waals surface area contributed by atoms with Gasteiger partial charge in [0.15, 0.2) is 0 Å². The minimum absolute atomic E-state index is 0.714. The Kier molecular flexibility index (Phi) is 9.72. The van der Waals surface area contributed by atoms with Crippen LogP contribution in [0.5, 0.6) is 0 Å². The Balaban J connectivity index is 0.000000671. The standard InChI is InChI=1S/C10H13S.BrH.Zn/c1-3-9(2)11-10-7-5-4-6-8-10;;/h4-5,7-9H,3H2,1-2H3;1H;/q-1;;+2/p-1. The fraction of sp³-hybridized carbons (Fsp3) is 0.400. The second-order valence-corrected chi connectivity index (χ2v) is 4.09. The SMILES string of the molecule is CCC(C)Sc1c[c-]ccc1.[Zn+][Br]. The molecule has 13 heavy (non-hydrogen) atoms. The maximum atomic E-state index is 3.07. The van der Waals surface area contributed by atoms with Gasteiger partial charge >= 0.3 is 30.0 Å². The maximum absolute atomic E-state index is 3.07. The van der Waals surface area contributed by atoms with Crippen molar-refractivity contribution in [3.8, 4) is 0 Å². The zero-order chi connectivity index (χ0) is 10.1. The van der Waals surface area contributed by atoms with Gasteiger partial charge < -0.3 is 0 Å². The van der Waals surface area contributed by atoms with Crippen LogP contribution in [0.3, 0.4) is 0 Å². The van der Waals surface area contributed by atoms with Crippen molar-refractivity contribution in [1.29, 1.82) is 0 Å². The summed E-state index contributed by atoms with van der Waals surface area (Å²) in [5.41, 5.74) is 0. The molecule has 0 radical (unpaired) electrons. The van der Waals surface area contributed by atoms with E-state index in [1.807, 2.05) is 30.0 Å². The van der Waals surface area contributed by atoms with Gasteiger partial charge in [0, 0.05) is 0 Å². The van der Waals surface area contributed by atoms with Gasteiger partial charge in [-0.2, -0.15) is 42.1 Å². The Bertz CT molecular complexity index is 203. The van der Waals surface area contributed by atoms with E-state index in [1.54, 1.807) is 0 Å². The van der Waals surface area contributed by atoms with Gasteiger partial charge in [-0.1, -0.05) is 13.8 Å². The van der Waals surface area contributed by atoms with Crippen LogP contribution in [-0.2, 0) is 16.3 Å². The average Bonchev–Trinajstić information content (AvgIpc) is 2.22. The van der Waals surface area contributed by atoms with E-state index >= 15 is 0 Å². The quantitative estimate of drug-likeness (QED) is 0.457. The van der Waals surface area contributed by atoms with Crippen LogP contribution >= 0.6 is 25.4 Å². The van der Waals surface area contributed by atoms with E-state index < -0.39 is 0 Å². The molecule has 0 spiro atoms. The van der Waals surface area contributed by atoms with E-state index in [2.05, 4.69) is 39.6 Å². The van der Waals surface area contributed by atoms with Crippen molar-refractivity contribution in [2.75, 3.05) is 0 Å². The van der Waals surface area contributed by atoms with E-state index in [0.717, 1.165) is 0 Å². The van der Waals surface area contributed by atoms with Crippen molar-refractivity contribution in [2.45, 2.75) is 30.4 Å². The first kappa shape index (κ1) is 13.7. The molecule has 1 atom stereocenters. The van der Waals surface area contributed by atoms with Gasteiger partial charge in [0.25, 0.3) is 0 Å². The van der Waals surface area contributed by atoms with Gasteiger partial charge in [-0.15, -0.1) is 4.90 Å². The molecule has 0 saturated carbocycles.